The van der Waals surface area contributed by atoms with Crippen molar-refractivity contribution in [2.45, 2.75) is 43.3 Å². The Kier molecular flexibility index (Phi) is 10.6. The molecular formula is C18H27F3IN3O2S. The minimum absolute atomic E-state index is 0. The summed E-state index contributed by atoms with van der Waals surface area (Å²) in [5.74, 6) is 1.04. The highest BCUT2D eigenvalue weighted by atomic mass is 127. The van der Waals surface area contributed by atoms with E-state index < -0.39 is 12.8 Å². The van der Waals surface area contributed by atoms with Gasteiger partial charge in [-0.25, -0.2) is 0 Å². The summed E-state index contributed by atoms with van der Waals surface area (Å²) in [6, 6.07) is 5.25. The molecule has 0 radical (unpaired) electrons. The molecule has 5 nitrogen and oxygen atoms in total. The Morgan fingerprint density at radius 3 is 2.61 bits per heavy atom. The van der Waals surface area contributed by atoms with Crippen LogP contribution < -0.4 is 20.1 Å². The van der Waals surface area contributed by atoms with Crippen molar-refractivity contribution < 1.29 is 22.6 Å². The van der Waals surface area contributed by atoms with Crippen molar-refractivity contribution in [3.63, 3.8) is 0 Å². The topological polar surface area (TPSA) is 54.9 Å². The van der Waals surface area contributed by atoms with Gasteiger partial charge < -0.3 is 20.1 Å². The van der Waals surface area contributed by atoms with Gasteiger partial charge in [-0.2, -0.15) is 24.9 Å². The summed E-state index contributed by atoms with van der Waals surface area (Å²) in [4.78, 5) is 4.24. The van der Waals surface area contributed by atoms with Gasteiger partial charge in [0.1, 0.15) is 0 Å². The molecule has 160 valence electrons. The molecule has 1 aliphatic rings. The van der Waals surface area contributed by atoms with E-state index in [1.165, 1.54) is 19.6 Å². The Morgan fingerprint density at radius 2 is 2.04 bits per heavy atom. The number of rotatable bonds is 7. The molecule has 1 aromatic rings. The van der Waals surface area contributed by atoms with Crippen LogP contribution in [0.1, 0.15) is 24.8 Å². The Balaban J connectivity index is 0.00000392. The highest BCUT2D eigenvalue weighted by molar-refractivity contribution is 14.0. The Bertz CT molecular complexity index is 647. The largest absolute Gasteiger partial charge is 0.493 e. The van der Waals surface area contributed by atoms with Gasteiger partial charge in [0.15, 0.2) is 24.1 Å². The number of nitrogens with zero attached hydrogens (tertiary/aromatic N) is 1. The van der Waals surface area contributed by atoms with Crippen LogP contribution in [0.5, 0.6) is 11.5 Å². The smallest absolute Gasteiger partial charge is 0.422 e. The highest BCUT2D eigenvalue weighted by Gasteiger charge is 2.29. The maximum atomic E-state index is 12.3. The average Bonchev–Trinajstić information content (AvgIpc) is 3.10. The Labute approximate surface area is 185 Å². The zero-order valence-corrected chi connectivity index (χ0v) is 19.3. The van der Waals surface area contributed by atoms with Crippen molar-refractivity contribution in [3.05, 3.63) is 23.8 Å². The summed E-state index contributed by atoms with van der Waals surface area (Å²) in [5, 5.41) is 7.34. The van der Waals surface area contributed by atoms with Crippen molar-refractivity contribution in [3.8, 4) is 11.5 Å². The van der Waals surface area contributed by atoms with E-state index in [-0.39, 0.29) is 35.5 Å². The summed E-state index contributed by atoms with van der Waals surface area (Å²) in [6.07, 6.45) is 1.17. The van der Waals surface area contributed by atoms with E-state index in [4.69, 9.17) is 9.47 Å². The van der Waals surface area contributed by atoms with Crippen LogP contribution in [-0.4, -0.2) is 50.4 Å². The van der Waals surface area contributed by atoms with E-state index in [1.54, 1.807) is 19.2 Å². The lowest BCUT2D eigenvalue weighted by molar-refractivity contribution is -0.153. The van der Waals surface area contributed by atoms with E-state index in [1.807, 2.05) is 11.8 Å². The van der Waals surface area contributed by atoms with Gasteiger partial charge in [0.2, 0.25) is 0 Å². The molecule has 28 heavy (non-hydrogen) atoms. The summed E-state index contributed by atoms with van der Waals surface area (Å²) in [6.45, 7) is -0.885. The SMILES string of the molecule is CN=C(NCc1ccc(OCC(F)(F)F)c(OC)c1)NC1CCC(SC)C1.I. The van der Waals surface area contributed by atoms with Crippen LogP contribution in [0.4, 0.5) is 13.2 Å². The van der Waals surface area contributed by atoms with E-state index in [0.717, 1.165) is 18.4 Å². The molecule has 1 saturated carbocycles. The Hall–Kier alpha value is -1.04. The number of nitrogens with one attached hydrogen (secondary N) is 2. The van der Waals surface area contributed by atoms with Crippen LogP contribution >= 0.6 is 35.7 Å². The monoisotopic (exact) mass is 533 g/mol. The quantitative estimate of drug-likeness (QED) is 0.313. The molecule has 1 aromatic carbocycles. The molecule has 0 aliphatic heterocycles. The first-order valence-electron chi connectivity index (χ1n) is 8.71. The van der Waals surface area contributed by atoms with Gasteiger partial charge in [-0.3, -0.25) is 4.99 Å². The number of benzene rings is 1. The number of hydrogen-bond donors (Lipinski definition) is 2. The lowest BCUT2D eigenvalue weighted by Gasteiger charge is -2.18. The maximum Gasteiger partial charge on any atom is 0.422 e. The van der Waals surface area contributed by atoms with Crippen LogP contribution in [0.2, 0.25) is 0 Å². The number of methoxy groups -OCH3 is 1. The van der Waals surface area contributed by atoms with Crippen molar-refractivity contribution in [2.75, 3.05) is 27.0 Å². The fourth-order valence-electron chi connectivity index (χ4n) is 2.96. The average molecular weight is 533 g/mol. The molecule has 2 N–H and O–H groups in total. The van der Waals surface area contributed by atoms with Gasteiger partial charge in [-0.1, -0.05) is 6.07 Å². The van der Waals surface area contributed by atoms with E-state index >= 15 is 0 Å². The number of thioether (sulfide) groups is 1. The lowest BCUT2D eigenvalue weighted by Crippen LogP contribution is -2.42. The van der Waals surface area contributed by atoms with E-state index in [9.17, 15) is 13.2 Å². The third kappa shape index (κ3) is 8.14. The fourth-order valence-corrected chi connectivity index (χ4v) is 3.76. The van der Waals surface area contributed by atoms with Gasteiger partial charge in [-0.05, 0) is 43.2 Å². The summed E-state index contributed by atoms with van der Waals surface area (Å²) in [7, 11) is 3.11. The van der Waals surface area contributed by atoms with Gasteiger partial charge >= 0.3 is 6.18 Å². The molecule has 0 aromatic heterocycles. The normalized spacial score (nSPS) is 19.7. The van der Waals surface area contributed by atoms with Gasteiger partial charge in [0.25, 0.3) is 0 Å². The number of alkyl halides is 3. The number of halogens is 4. The molecule has 0 saturated heterocycles. The fraction of sp³-hybridized carbons (Fsp3) is 0.611. The molecule has 10 heteroatoms. The molecule has 2 unspecified atom stereocenters. The second kappa shape index (κ2) is 11.8. The molecule has 0 bridgehead atoms. The molecular weight excluding hydrogens is 506 g/mol. The summed E-state index contributed by atoms with van der Waals surface area (Å²) >= 11 is 1.90. The minimum Gasteiger partial charge on any atom is -0.493 e. The van der Waals surface area contributed by atoms with E-state index in [0.29, 0.717) is 23.8 Å². The highest BCUT2D eigenvalue weighted by Crippen LogP contribution is 2.30. The van der Waals surface area contributed by atoms with Gasteiger partial charge in [0.05, 0.1) is 7.11 Å². The maximum absolute atomic E-state index is 12.3. The zero-order chi connectivity index (χ0) is 19.9. The summed E-state index contributed by atoms with van der Waals surface area (Å²) < 4.78 is 46.9. The first kappa shape index (κ1) is 25.0. The predicted molar refractivity (Wildman–Crippen MR) is 118 cm³/mol. The summed E-state index contributed by atoms with van der Waals surface area (Å²) in [5.41, 5.74) is 0.850. The number of ether oxygens (including phenoxy) is 2. The van der Waals surface area contributed by atoms with Gasteiger partial charge in [0, 0.05) is 24.9 Å². The molecule has 1 fully saturated rings. The van der Waals surface area contributed by atoms with Crippen LogP contribution in [0.15, 0.2) is 23.2 Å². The van der Waals surface area contributed by atoms with Gasteiger partial charge in [-0.15, -0.1) is 24.0 Å². The lowest BCUT2D eigenvalue weighted by atomic mass is 10.2. The molecule has 0 spiro atoms. The molecule has 0 heterocycles. The number of hydrogen-bond acceptors (Lipinski definition) is 4. The first-order chi connectivity index (χ1) is 12.8. The van der Waals surface area contributed by atoms with E-state index in [2.05, 4.69) is 21.9 Å². The first-order valence-corrected chi connectivity index (χ1v) is 10.00. The van der Waals surface area contributed by atoms with Crippen molar-refractivity contribution in [1.82, 2.24) is 10.6 Å². The zero-order valence-electron chi connectivity index (χ0n) is 16.1. The predicted octanol–water partition coefficient (Wildman–Crippen LogP) is 4.20. The molecule has 1 aliphatic carbocycles. The third-order valence-electron chi connectivity index (χ3n) is 4.36. The second-order valence-corrected chi connectivity index (χ2v) is 7.46. The minimum atomic E-state index is -4.39. The van der Waals surface area contributed by atoms with Crippen molar-refractivity contribution in [2.24, 2.45) is 4.99 Å². The second-order valence-electron chi connectivity index (χ2n) is 6.33. The Morgan fingerprint density at radius 1 is 1.29 bits per heavy atom. The molecule has 0 amide bonds. The van der Waals surface area contributed by atoms with Crippen LogP contribution in [0.3, 0.4) is 0 Å². The third-order valence-corrected chi connectivity index (χ3v) is 5.46. The molecule has 2 rings (SSSR count). The van der Waals surface area contributed by atoms with Crippen molar-refractivity contribution in [1.29, 1.82) is 0 Å². The van der Waals surface area contributed by atoms with Crippen LogP contribution in [0.25, 0.3) is 0 Å². The molecule has 2 atom stereocenters. The number of guanidine groups is 1. The van der Waals surface area contributed by atoms with Crippen LogP contribution in [0, 0.1) is 0 Å². The number of aliphatic imine (C=N–C) groups is 1. The van der Waals surface area contributed by atoms with Crippen LogP contribution in [-0.2, 0) is 6.54 Å². The van der Waals surface area contributed by atoms with Crippen molar-refractivity contribution >= 4 is 41.7 Å². The standard InChI is InChI=1S/C18H26F3N3O2S.HI/c1-22-17(24-13-5-6-14(9-13)27-3)23-10-12-4-7-15(16(8-12)25-2)26-11-18(19,20)21;/h4,7-8,13-14H,5-6,9-11H2,1-3H3,(H2,22,23,24);1H.